The molecule has 9 nitrogen and oxygen atoms in total. The van der Waals surface area contributed by atoms with Gasteiger partial charge in [-0.1, -0.05) is 6.92 Å². The molecule has 1 saturated heterocycles. The molecule has 0 bridgehead atoms. The maximum atomic E-state index is 12.7. The maximum absolute atomic E-state index is 12.7. The highest BCUT2D eigenvalue weighted by Crippen LogP contribution is 2.24. The molecule has 1 aromatic carbocycles. The number of pyridine rings is 1. The summed E-state index contributed by atoms with van der Waals surface area (Å²) >= 11 is 0. The van der Waals surface area contributed by atoms with E-state index in [2.05, 4.69) is 20.0 Å². The monoisotopic (exact) mass is 434 g/mol. The molecular weight excluding hydrogens is 408 g/mol. The van der Waals surface area contributed by atoms with E-state index in [-0.39, 0.29) is 16.9 Å². The molecule has 3 aromatic rings. The van der Waals surface area contributed by atoms with E-state index < -0.39 is 16.0 Å². The second-order valence-electron chi connectivity index (χ2n) is 7.22. The van der Waals surface area contributed by atoms with Gasteiger partial charge in [0.2, 0.25) is 10.0 Å². The van der Waals surface area contributed by atoms with Crippen molar-refractivity contribution in [3.63, 3.8) is 0 Å². The van der Waals surface area contributed by atoms with Crippen molar-refractivity contribution in [2.75, 3.05) is 19.6 Å². The lowest BCUT2D eigenvalue weighted by atomic mass is 9.99. The highest BCUT2D eigenvalue weighted by molar-refractivity contribution is 7.89. The molecule has 0 saturated carbocycles. The Morgan fingerprint density at radius 1 is 1.20 bits per heavy atom. The summed E-state index contributed by atoms with van der Waals surface area (Å²) < 4.78 is 28.0. The van der Waals surface area contributed by atoms with E-state index in [0.717, 1.165) is 25.9 Å². The number of aromatic amines is 2. The summed E-state index contributed by atoms with van der Waals surface area (Å²) in [5.74, 6) is -0.380. The first-order valence-electron chi connectivity index (χ1n) is 9.87. The standard InChI is InChI=1S/C17H20N4O3S.C3H6O2/c22-17-16-13(5-8-19-16)14-9-12(1-2-15(14)21-17)25(23,24)20-10-11-3-6-18-7-4-11;1-2-3(4)5/h1-2,5,8-9,11,18-20H,3-4,6-7,10H2,(H,21,22);2H2,1H3,(H,4,5). The van der Waals surface area contributed by atoms with Gasteiger partial charge >= 0.3 is 5.97 Å². The molecule has 0 atom stereocenters. The number of aliphatic carboxylic acids is 1. The molecule has 30 heavy (non-hydrogen) atoms. The lowest BCUT2D eigenvalue weighted by Crippen LogP contribution is -2.35. The predicted molar refractivity (Wildman–Crippen MR) is 115 cm³/mol. The number of piperidine rings is 1. The van der Waals surface area contributed by atoms with Gasteiger partial charge in [-0.2, -0.15) is 0 Å². The van der Waals surface area contributed by atoms with Crippen molar-refractivity contribution in [1.82, 2.24) is 20.0 Å². The molecule has 5 N–H and O–H groups in total. The highest BCUT2D eigenvalue weighted by atomic mass is 32.2. The molecule has 1 aliphatic heterocycles. The quantitative estimate of drug-likeness (QED) is 0.414. The molecule has 0 amide bonds. The summed E-state index contributed by atoms with van der Waals surface area (Å²) in [6, 6.07) is 6.57. The van der Waals surface area contributed by atoms with Crippen LogP contribution in [0, 0.1) is 5.92 Å². The van der Waals surface area contributed by atoms with Gasteiger partial charge in [0.05, 0.1) is 4.90 Å². The van der Waals surface area contributed by atoms with Crippen molar-refractivity contribution in [3.8, 4) is 0 Å². The van der Waals surface area contributed by atoms with E-state index in [1.165, 1.54) is 6.07 Å². The predicted octanol–water partition coefficient (Wildman–Crippen LogP) is 1.77. The molecule has 0 unspecified atom stereocenters. The molecule has 1 aliphatic rings. The van der Waals surface area contributed by atoms with E-state index in [0.29, 0.717) is 34.3 Å². The number of nitrogens with one attached hydrogen (secondary N) is 4. The SMILES string of the molecule is CCC(=O)O.O=c1[nH]c2ccc(S(=O)(=O)NCC3CCNCC3)cc2c2cc[nH]c12. The topological polar surface area (TPSA) is 144 Å². The van der Waals surface area contributed by atoms with E-state index >= 15 is 0 Å². The number of fused-ring (bicyclic) bond motifs is 3. The fraction of sp³-hybridized carbons (Fsp3) is 0.400. The van der Waals surface area contributed by atoms with Crippen molar-refractivity contribution in [2.45, 2.75) is 31.1 Å². The summed E-state index contributed by atoms with van der Waals surface area (Å²) in [6.45, 7) is 3.91. The van der Waals surface area contributed by atoms with Crippen LogP contribution in [-0.4, -0.2) is 49.1 Å². The third kappa shape index (κ3) is 5.07. The average Bonchev–Trinajstić information content (AvgIpc) is 3.24. The van der Waals surface area contributed by atoms with Crippen molar-refractivity contribution in [3.05, 3.63) is 40.8 Å². The van der Waals surface area contributed by atoms with Gasteiger partial charge in [-0.3, -0.25) is 9.59 Å². The van der Waals surface area contributed by atoms with Gasteiger partial charge in [-0.25, -0.2) is 13.1 Å². The number of sulfonamides is 1. The Morgan fingerprint density at radius 3 is 2.57 bits per heavy atom. The summed E-state index contributed by atoms with van der Waals surface area (Å²) in [5.41, 5.74) is 0.853. The molecule has 0 spiro atoms. The van der Waals surface area contributed by atoms with Gasteiger partial charge in [0.15, 0.2) is 0 Å². The number of aromatic nitrogens is 2. The molecule has 4 rings (SSSR count). The minimum Gasteiger partial charge on any atom is -0.481 e. The van der Waals surface area contributed by atoms with E-state index in [9.17, 15) is 18.0 Å². The van der Waals surface area contributed by atoms with Crippen LogP contribution in [0.3, 0.4) is 0 Å². The number of hydrogen-bond acceptors (Lipinski definition) is 5. The molecule has 0 aliphatic carbocycles. The Labute approximate surface area is 173 Å². The van der Waals surface area contributed by atoms with Crippen molar-refractivity contribution >= 4 is 37.8 Å². The number of carboxylic acid groups (broad SMARTS) is 1. The Balaban J connectivity index is 0.000000461. The number of carbonyl (C=O) groups is 1. The Bertz CT molecular complexity index is 1190. The normalized spacial score (nSPS) is 15.1. The zero-order valence-electron chi connectivity index (χ0n) is 16.7. The van der Waals surface area contributed by atoms with Crippen LogP contribution in [0.1, 0.15) is 26.2 Å². The first-order valence-corrected chi connectivity index (χ1v) is 11.4. The second kappa shape index (κ2) is 9.41. The van der Waals surface area contributed by atoms with Crippen LogP contribution in [0.25, 0.3) is 21.8 Å². The Morgan fingerprint density at radius 2 is 1.90 bits per heavy atom. The summed E-state index contributed by atoms with van der Waals surface area (Å²) in [7, 11) is -3.59. The van der Waals surface area contributed by atoms with Gasteiger partial charge in [0.1, 0.15) is 5.52 Å². The summed E-state index contributed by atoms with van der Waals surface area (Å²) in [6.07, 6.45) is 3.85. The van der Waals surface area contributed by atoms with Crippen LogP contribution in [0.15, 0.2) is 40.2 Å². The number of carboxylic acids is 1. The largest absolute Gasteiger partial charge is 0.481 e. The molecular formula is C20H26N4O5S. The lowest BCUT2D eigenvalue weighted by molar-refractivity contribution is -0.136. The first kappa shape index (κ1) is 22.0. The second-order valence-corrected chi connectivity index (χ2v) is 8.99. The number of H-pyrrole nitrogens is 2. The summed E-state index contributed by atoms with van der Waals surface area (Å²) in [5, 5.41) is 12.4. The van der Waals surface area contributed by atoms with Crippen LogP contribution in [0.4, 0.5) is 0 Å². The van der Waals surface area contributed by atoms with E-state index in [1.807, 2.05) is 0 Å². The number of rotatable bonds is 5. The minimum atomic E-state index is -3.59. The van der Waals surface area contributed by atoms with Crippen LogP contribution < -0.4 is 15.6 Å². The number of benzene rings is 1. The van der Waals surface area contributed by atoms with Gasteiger partial charge in [0.25, 0.3) is 5.56 Å². The van der Waals surface area contributed by atoms with Gasteiger partial charge in [-0.05, 0) is 56.1 Å². The van der Waals surface area contributed by atoms with Crippen LogP contribution >= 0.6 is 0 Å². The third-order valence-electron chi connectivity index (χ3n) is 5.14. The van der Waals surface area contributed by atoms with Gasteiger partial charge in [0, 0.05) is 35.5 Å². The first-order chi connectivity index (χ1) is 14.3. The average molecular weight is 435 g/mol. The summed E-state index contributed by atoms with van der Waals surface area (Å²) in [4.78, 5) is 27.2. The fourth-order valence-corrected chi connectivity index (χ4v) is 4.53. The van der Waals surface area contributed by atoms with Crippen LogP contribution in [0.5, 0.6) is 0 Å². The lowest BCUT2D eigenvalue weighted by Gasteiger charge is -2.22. The molecule has 10 heteroatoms. The zero-order valence-corrected chi connectivity index (χ0v) is 17.5. The van der Waals surface area contributed by atoms with Gasteiger partial charge in [-0.15, -0.1) is 0 Å². The maximum Gasteiger partial charge on any atom is 0.303 e. The van der Waals surface area contributed by atoms with Gasteiger partial charge < -0.3 is 20.4 Å². The van der Waals surface area contributed by atoms with Crippen molar-refractivity contribution in [1.29, 1.82) is 0 Å². The zero-order chi connectivity index (χ0) is 21.7. The van der Waals surface area contributed by atoms with E-state index in [1.54, 1.807) is 31.3 Å². The van der Waals surface area contributed by atoms with E-state index in [4.69, 9.17) is 5.11 Å². The Hall–Kier alpha value is -2.69. The van der Waals surface area contributed by atoms with Crippen LogP contribution in [-0.2, 0) is 14.8 Å². The number of hydrogen-bond donors (Lipinski definition) is 5. The molecule has 2 aromatic heterocycles. The van der Waals surface area contributed by atoms with Crippen molar-refractivity contribution < 1.29 is 18.3 Å². The molecule has 1 fully saturated rings. The molecule has 3 heterocycles. The van der Waals surface area contributed by atoms with Crippen LogP contribution in [0.2, 0.25) is 0 Å². The Kier molecular flexibility index (Phi) is 6.91. The smallest absolute Gasteiger partial charge is 0.303 e. The molecule has 0 radical (unpaired) electrons. The highest BCUT2D eigenvalue weighted by Gasteiger charge is 2.19. The van der Waals surface area contributed by atoms with Crippen molar-refractivity contribution in [2.24, 2.45) is 5.92 Å². The fourth-order valence-electron chi connectivity index (χ4n) is 3.39. The third-order valence-corrected chi connectivity index (χ3v) is 6.56. The minimum absolute atomic E-state index is 0.212. The molecule has 162 valence electrons.